The Balaban J connectivity index is 2.00. The third kappa shape index (κ3) is 2.92. The molecule has 0 saturated carbocycles. The summed E-state index contributed by atoms with van der Waals surface area (Å²) in [5.74, 6) is -1.01. The van der Waals surface area contributed by atoms with Gasteiger partial charge < -0.3 is 10.0 Å². The molecule has 20 heavy (non-hydrogen) atoms. The number of carbonyl (C=O) groups excluding carboxylic acids is 1. The lowest BCUT2D eigenvalue weighted by atomic mass is 10.0. The van der Waals surface area contributed by atoms with Gasteiger partial charge >= 0.3 is 12.0 Å². The van der Waals surface area contributed by atoms with Crippen molar-refractivity contribution in [2.45, 2.75) is 39.2 Å². The minimum absolute atomic E-state index is 0.272. The summed E-state index contributed by atoms with van der Waals surface area (Å²) in [5, 5.41) is 14.3. The van der Waals surface area contributed by atoms with Gasteiger partial charge in [-0.05, 0) is 19.3 Å². The molecule has 0 aliphatic carbocycles. The van der Waals surface area contributed by atoms with E-state index >= 15 is 0 Å². The number of carbonyl (C=O) groups is 2. The Labute approximate surface area is 121 Å². The van der Waals surface area contributed by atoms with Crippen molar-refractivity contribution in [2.24, 2.45) is 5.92 Å². The summed E-state index contributed by atoms with van der Waals surface area (Å²) >= 11 is 1.39. The van der Waals surface area contributed by atoms with E-state index in [1.807, 2.05) is 19.2 Å². The highest BCUT2D eigenvalue weighted by Gasteiger charge is 2.38. The van der Waals surface area contributed by atoms with E-state index in [1.165, 1.54) is 11.3 Å². The van der Waals surface area contributed by atoms with Crippen LogP contribution in [-0.4, -0.2) is 39.6 Å². The van der Waals surface area contributed by atoms with Crippen LogP contribution in [0, 0.1) is 5.92 Å². The molecule has 6 nitrogen and oxygen atoms in total. The fourth-order valence-electron chi connectivity index (χ4n) is 2.33. The van der Waals surface area contributed by atoms with Crippen molar-refractivity contribution in [2.75, 3.05) is 11.9 Å². The standard InChI is InChI=1S/C13H19N3O3S/c1-7(2)10-6-20-12(14-10)15-13(19)16-5-4-9(8(16)3)11(17)18/h6-9H,4-5H2,1-3H3,(H,17,18)(H,14,15,19). The molecule has 2 amide bonds. The highest BCUT2D eigenvalue weighted by atomic mass is 32.1. The molecule has 0 spiro atoms. The topological polar surface area (TPSA) is 82.5 Å². The Hall–Kier alpha value is -1.63. The Morgan fingerprint density at radius 3 is 2.75 bits per heavy atom. The number of nitrogens with zero attached hydrogens (tertiary/aromatic N) is 2. The van der Waals surface area contributed by atoms with E-state index in [4.69, 9.17) is 5.11 Å². The number of aliphatic carboxylic acids is 1. The number of aromatic nitrogens is 1. The normalized spacial score (nSPS) is 22.3. The predicted octanol–water partition coefficient (Wildman–Crippen LogP) is 2.59. The van der Waals surface area contributed by atoms with E-state index in [1.54, 1.807) is 11.8 Å². The molecule has 2 heterocycles. The molecule has 1 aromatic rings. The van der Waals surface area contributed by atoms with Crippen molar-refractivity contribution in [3.8, 4) is 0 Å². The Kier molecular flexibility index (Phi) is 4.27. The van der Waals surface area contributed by atoms with Gasteiger partial charge in [-0.3, -0.25) is 10.1 Å². The van der Waals surface area contributed by atoms with Gasteiger partial charge in [0.25, 0.3) is 0 Å². The minimum atomic E-state index is -0.843. The van der Waals surface area contributed by atoms with E-state index in [0.717, 1.165) is 5.69 Å². The van der Waals surface area contributed by atoms with Gasteiger partial charge in [0.15, 0.2) is 5.13 Å². The molecule has 1 aliphatic heterocycles. The average molecular weight is 297 g/mol. The fraction of sp³-hybridized carbons (Fsp3) is 0.615. The number of carboxylic acid groups (broad SMARTS) is 1. The molecule has 0 radical (unpaired) electrons. The molecule has 0 bridgehead atoms. The first-order valence-corrected chi connectivity index (χ1v) is 7.54. The van der Waals surface area contributed by atoms with Crippen LogP contribution in [0.1, 0.15) is 38.8 Å². The highest BCUT2D eigenvalue weighted by molar-refractivity contribution is 7.13. The summed E-state index contributed by atoms with van der Waals surface area (Å²) in [6.07, 6.45) is 0.499. The molecule has 110 valence electrons. The molecule has 0 aromatic carbocycles. The largest absolute Gasteiger partial charge is 0.481 e. The van der Waals surface area contributed by atoms with Crippen molar-refractivity contribution >= 4 is 28.5 Å². The van der Waals surface area contributed by atoms with Crippen molar-refractivity contribution in [1.82, 2.24) is 9.88 Å². The van der Waals surface area contributed by atoms with Crippen LogP contribution in [0.15, 0.2) is 5.38 Å². The smallest absolute Gasteiger partial charge is 0.323 e. The zero-order chi connectivity index (χ0) is 14.9. The van der Waals surface area contributed by atoms with Gasteiger partial charge in [-0.15, -0.1) is 11.3 Å². The van der Waals surface area contributed by atoms with Crippen LogP contribution in [0.3, 0.4) is 0 Å². The summed E-state index contributed by atoms with van der Waals surface area (Å²) in [5.41, 5.74) is 0.947. The lowest BCUT2D eigenvalue weighted by Crippen LogP contribution is -2.40. The van der Waals surface area contributed by atoms with E-state index in [0.29, 0.717) is 24.0 Å². The number of nitrogens with one attached hydrogen (secondary N) is 1. The molecule has 2 unspecified atom stereocenters. The van der Waals surface area contributed by atoms with Gasteiger partial charge in [0.2, 0.25) is 0 Å². The van der Waals surface area contributed by atoms with Crippen LogP contribution in [0.2, 0.25) is 0 Å². The van der Waals surface area contributed by atoms with Crippen molar-refractivity contribution in [3.63, 3.8) is 0 Å². The Bertz CT molecular complexity index is 515. The first kappa shape index (κ1) is 14.8. The summed E-state index contributed by atoms with van der Waals surface area (Å²) in [6, 6.07) is -0.567. The maximum absolute atomic E-state index is 12.2. The van der Waals surface area contributed by atoms with E-state index in [-0.39, 0.29) is 12.1 Å². The first-order valence-electron chi connectivity index (χ1n) is 6.66. The van der Waals surface area contributed by atoms with Gasteiger partial charge in [0.05, 0.1) is 11.6 Å². The van der Waals surface area contributed by atoms with Crippen LogP contribution in [0.25, 0.3) is 0 Å². The summed E-state index contributed by atoms with van der Waals surface area (Å²) in [6.45, 7) is 6.32. The van der Waals surface area contributed by atoms with Crippen LogP contribution < -0.4 is 5.32 Å². The molecule has 1 aliphatic rings. The zero-order valence-corrected chi connectivity index (χ0v) is 12.6. The Morgan fingerprint density at radius 2 is 2.25 bits per heavy atom. The maximum atomic E-state index is 12.2. The zero-order valence-electron chi connectivity index (χ0n) is 11.8. The third-order valence-corrected chi connectivity index (χ3v) is 4.44. The SMILES string of the molecule is CC(C)c1csc(NC(=O)N2CCC(C(=O)O)C2C)n1. The monoisotopic (exact) mass is 297 g/mol. The minimum Gasteiger partial charge on any atom is -0.481 e. The van der Waals surface area contributed by atoms with Crippen LogP contribution in [0.4, 0.5) is 9.93 Å². The van der Waals surface area contributed by atoms with Crippen LogP contribution in [0.5, 0.6) is 0 Å². The van der Waals surface area contributed by atoms with Crippen molar-refractivity contribution in [3.05, 3.63) is 11.1 Å². The molecule has 1 saturated heterocycles. The summed E-state index contributed by atoms with van der Waals surface area (Å²) in [7, 11) is 0. The number of amides is 2. The number of urea groups is 1. The number of hydrogen-bond donors (Lipinski definition) is 2. The number of likely N-dealkylation sites (tertiary alicyclic amines) is 1. The number of anilines is 1. The third-order valence-electron chi connectivity index (χ3n) is 3.66. The second-order valence-corrected chi connectivity index (χ2v) is 6.19. The maximum Gasteiger partial charge on any atom is 0.323 e. The molecule has 1 aromatic heterocycles. The lowest BCUT2D eigenvalue weighted by Gasteiger charge is -2.22. The molecular weight excluding hydrogens is 278 g/mol. The summed E-state index contributed by atoms with van der Waals surface area (Å²) < 4.78 is 0. The quantitative estimate of drug-likeness (QED) is 0.898. The molecule has 1 fully saturated rings. The van der Waals surface area contributed by atoms with E-state index < -0.39 is 11.9 Å². The fourth-order valence-corrected chi connectivity index (χ4v) is 3.19. The van der Waals surface area contributed by atoms with Crippen molar-refractivity contribution < 1.29 is 14.7 Å². The molecular formula is C13H19N3O3S. The van der Waals surface area contributed by atoms with Crippen LogP contribution >= 0.6 is 11.3 Å². The van der Waals surface area contributed by atoms with Gasteiger partial charge in [0, 0.05) is 18.0 Å². The number of rotatable bonds is 3. The van der Waals surface area contributed by atoms with Gasteiger partial charge in [-0.2, -0.15) is 0 Å². The van der Waals surface area contributed by atoms with Gasteiger partial charge in [-0.1, -0.05) is 13.8 Å². The lowest BCUT2D eigenvalue weighted by molar-refractivity contribution is -0.142. The molecule has 2 rings (SSSR count). The summed E-state index contributed by atoms with van der Waals surface area (Å²) in [4.78, 5) is 29.1. The second kappa shape index (κ2) is 5.78. The van der Waals surface area contributed by atoms with Crippen LogP contribution in [-0.2, 0) is 4.79 Å². The predicted molar refractivity (Wildman–Crippen MR) is 77.1 cm³/mol. The molecule has 2 N–H and O–H groups in total. The molecule has 7 heteroatoms. The van der Waals surface area contributed by atoms with Gasteiger partial charge in [0.1, 0.15) is 0 Å². The second-order valence-electron chi connectivity index (χ2n) is 5.33. The van der Waals surface area contributed by atoms with Crippen molar-refractivity contribution in [1.29, 1.82) is 0 Å². The average Bonchev–Trinajstić information content (AvgIpc) is 2.95. The Morgan fingerprint density at radius 1 is 1.55 bits per heavy atom. The number of carboxylic acids is 1. The van der Waals surface area contributed by atoms with E-state index in [9.17, 15) is 9.59 Å². The van der Waals surface area contributed by atoms with E-state index in [2.05, 4.69) is 10.3 Å². The number of thiazole rings is 1. The highest BCUT2D eigenvalue weighted by Crippen LogP contribution is 2.26. The van der Waals surface area contributed by atoms with Gasteiger partial charge in [-0.25, -0.2) is 9.78 Å². The number of hydrogen-bond acceptors (Lipinski definition) is 4. The first-order chi connectivity index (χ1) is 9.40. The molecule has 2 atom stereocenters.